The molecule has 1 unspecified atom stereocenters. The molecule has 1 saturated heterocycles. The van der Waals surface area contributed by atoms with Crippen LogP contribution in [-0.4, -0.2) is 35.7 Å². The van der Waals surface area contributed by atoms with Gasteiger partial charge in [-0.2, -0.15) is 26.3 Å². The molecular weight excluding hydrogens is 452 g/mol. The summed E-state index contributed by atoms with van der Waals surface area (Å²) in [6, 6.07) is 8.51. The topological polar surface area (TPSA) is 49.8 Å². The summed E-state index contributed by atoms with van der Waals surface area (Å²) in [4.78, 5) is 12.6. The van der Waals surface area contributed by atoms with E-state index in [4.69, 9.17) is 9.84 Å². The highest BCUT2D eigenvalue weighted by Crippen LogP contribution is 2.37. The summed E-state index contributed by atoms with van der Waals surface area (Å²) in [5.74, 6) is -0.865. The molecule has 0 bridgehead atoms. The van der Waals surface area contributed by atoms with Crippen LogP contribution < -0.4 is 4.74 Å². The van der Waals surface area contributed by atoms with Gasteiger partial charge in [-0.1, -0.05) is 19.1 Å². The third-order valence-corrected chi connectivity index (χ3v) is 5.51. The van der Waals surface area contributed by atoms with E-state index in [0.29, 0.717) is 50.1 Å². The van der Waals surface area contributed by atoms with Gasteiger partial charge in [0.2, 0.25) is 0 Å². The van der Waals surface area contributed by atoms with Gasteiger partial charge in [-0.3, -0.25) is 9.69 Å². The molecule has 2 aromatic carbocycles. The molecule has 1 N–H and O–H groups in total. The molecule has 1 fully saturated rings. The lowest BCUT2D eigenvalue weighted by atomic mass is 9.97. The highest BCUT2D eigenvalue weighted by atomic mass is 19.4. The number of alkyl halides is 6. The highest BCUT2D eigenvalue weighted by molar-refractivity contribution is 5.69. The maximum absolute atomic E-state index is 13.2. The summed E-state index contributed by atoms with van der Waals surface area (Å²) in [6.45, 7) is 2.45. The van der Waals surface area contributed by atoms with Gasteiger partial charge in [0.1, 0.15) is 5.75 Å². The zero-order valence-electron chi connectivity index (χ0n) is 17.7. The zero-order valence-corrected chi connectivity index (χ0v) is 17.7. The number of likely N-dealkylation sites (tertiary alicyclic amines) is 1. The van der Waals surface area contributed by atoms with Crippen LogP contribution in [-0.2, 0) is 30.1 Å². The first-order chi connectivity index (χ1) is 15.3. The van der Waals surface area contributed by atoms with Crippen molar-refractivity contribution in [1.82, 2.24) is 4.90 Å². The van der Waals surface area contributed by atoms with Gasteiger partial charge < -0.3 is 9.84 Å². The van der Waals surface area contributed by atoms with Crippen molar-refractivity contribution in [3.8, 4) is 5.75 Å². The van der Waals surface area contributed by atoms with Crippen LogP contribution >= 0.6 is 0 Å². The Hall–Kier alpha value is -2.75. The molecule has 0 spiro atoms. The molecule has 0 amide bonds. The molecular formula is C23H23F6NO3. The second kappa shape index (κ2) is 9.62. The molecule has 2 aromatic rings. The van der Waals surface area contributed by atoms with Crippen LogP contribution in [0, 0.1) is 11.8 Å². The largest absolute Gasteiger partial charge is 0.493 e. The molecule has 33 heavy (non-hydrogen) atoms. The van der Waals surface area contributed by atoms with Gasteiger partial charge >= 0.3 is 18.3 Å². The van der Waals surface area contributed by atoms with E-state index in [1.54, 1.807) is 36.1 Å². The average Bonchev–Trinajstić information content (AvgIpc) is 2.68. The highest BCUT2D eigenvalue weighted by Gasteiger charge is 2.38. The SMILES string of the molecule is CC(Cc1cccc(OCC2CN(Cc3cc(C(F)(F)F)ccc3C(F)(F)F)C2)c1)C(=O)O. The van der Waals surface area contributed by atoms with Gasteiger partial charge in [0, 0.05) is 25.6 Å². The number of carboxylic acid groups (broad SMARTS) is 1. The number of carboxylic acids is 1. The van der Waals surface area contributed by atoms with E-state index in [9.17, 15) is 31.1 Å². The Labute approximate surface area is 186 Å². The van der Waals surface area contributed by atoms with E-state index in [1.165, 1.54) is 0 Å². The van der Waals surface area contributed by atoms with Crippen molar-refractivity contribution < 1.29 is 41.0 Å². The number of benzene rings is 2. The molecule has 0 radical (unpaired) electrons. The zero-order chi connectivity index (χ0) is 24.4. The van der Waals surface area contributed by atoms with Crippen LogP contribution in [0.5, 0.6) is 5.75 Å². The lowest BCUT2D eigenvalue weighted by Crippen LogP contribution is -2.48. The summed E-state index contributed by atoms with van der Waals surface area (Å²) in [7, 11) is 0. The molecule has 10 heteroatoms. The fraction of sp³-hybridized carbons (Fsp3) is 0.435. The van der Waals surface area contributed by atoms with E-state index >= 15 is 0 Å². The Kier molecular flexibility index (Phi) is 7.26. The number of ether oxygens (including phenoxy) is 1. The molecule has 1 heterocycles. The van der Waals surface area contributed by atoms with E-state index in [-0.39, 0.29) is 12.5 Å². The molecule has 1 aliphatic rings. The van der Waals surface area contributed by atoms with Crippen molar-refractivity contribution >= 4 is 5.97 Å². The number of nitrogens with zero attached hydrogens (tertiary/aromatic N) is 1. The smallest absolute Gasteiger partial charge is 0.416 e. The van der Waals surface area contributed by atoms with Crippen molar-refractivity contribution in [2.75, 3.05) is 19.7 Å². The Morgan fingerprint density at radius 3 is 2.39 bits per heavy atom. The molecule has 180 valence electrons. The molecule has 3 rings (SSSR count). The number of aliphatic carboxylic acids is 1. The second-order valence-corrected chi connectivity index (χ2v) is 8.33. The number of hydrogen-bond acceptors (Lipinski definition) is 3. The number of halogens is 6. The van der Waals surface area contributed by atoms with Gasteiger partial charge in [-0.05, 0) is 47.9 Å². The van der Waals surface area contributed by atoms with Gasteiger partial charge in [-0.25, -0.2) is 0 Å². The van der Waals surface area contributed by atoms with Crippen molar-refractivity contribution in [2.45, 2.75) is 32.2 Å². The van der Waals surface area contributed by atoms with Crippen molar-refractivity contribution in [3.05, 3.63) is 64.7 Å². The first-order valence-corrected chi connectivity index (χ1v) is 10.3. The van der Waals surface area contributed by atoms with Crippen molar-refractivity contribution in [3.63, 3.8) is 0 Å². The van der Waals surface area contributed by atoms with Gasteiger partial charge in [-0.15, -0.1) is 0 Å². The molecule has 4 nitrogen and oxygen atoms in total. The predicted octanol–water partition coefficient (Wildman–Crippen LogP) is 5.50. The summed E-state index contributed by atoms with van der Waals surface area (Å²) < 4.78 is 84.3. The summed E-state index contributed by atoms with van der Waals surface area (Å²) in [5.41, 5.74) is -1.77. The minimum Gasteiger partial charge on any atom is -0.493 e. The predicted molar refractivity (Wildman–Crippen MR) is 108 cm³/mol. The Balaban J connectivity index is 1.56. The van der Waals surface area contributed by atoms with Crippen LogP contribution in [0.1, 0.15) is 29.2 Å². The van der Waals surface area contributed by atoms with Crippen molar-refractivity contribution in [2.24, 2.45) is 11.8 Å². The standard InChI is InChI=1S/C23H23F6NO3/c1-14(21(31)32)7-15-3-2-4-19(8-15)33-13-16-10-30(11-16)12-17-9-18(22(24,25)26)5-6-20(17)23(27,28)29/h2-6,8-9,14,16H,7,10-13H2,1H3,(H,31,32). The Morgan fingerprint density at radius 2 is 1.79 bits per heavy atom. The number of hydrogen-bond donors (Lipinski definition) is 1. The Morgan fingerprint density at radius 1 is 1.09 bits per heavy atom. The van der Waals surface area contributed by atoms with E-state index in [0.717, 1.165) is 5.56 Å². The minimum atomic E-state index is -4.74. The lowest BCUT2D eigenvalue weighted by molar-refractivity contribution is -0.142. The Bertz CT molecular complexity index is 983. The monoisotopic (exact) mass is 475 g/mol. The van der Waals surface area contributed by atoms with E-state index in [1.807, 2.05) is 0 Å². The maximum atomic E-state index is 13.2. The molecule has 1 aliphatic heterocycles. The summed E-state index contributed by atoms with van der Waals surface area (Å²) >= 11 is 0. The van der Waals surface area contributed by atoms with E-state index in [2.05, 4.69) is 0 Å². The summed E-state index contributed by atoms with van der Waals surface area (Å²) in [5, 5.41) is 9.02. The van der Waals surface area contributed by atoms with Gasteiger partial charge in [0.05, 0.1) is 23.7 Å². The molecule has 0 saturated carbocycles. The molecule has 0 aromatic heterocycles. The third-order valence-electron chi connectivity index (χ3n) is 5.51. The van der Waals surface area contributed by atoms with Gasteiger partial charge in [0.15, 0.2) is 0 Å². The van der Waals surface area contributed by atoms with Crippen molar-refractivity contribution in [1.29, 1.82) is 0 Å². The first kappa shape index (κ1) is 24.9. The summed E-state index contributed by atoms with van der Waals surface area (Å²) in [6.07, 6.45) is -9.11. The van der Waals surface area contributed by atoms with Crippen LogP contribution in [0.4, 0.5) is 26.3 Å². The van der Waals surface area contributed by atoms with Gasteiger partial charge in [0.25, 0.3) is 0 Å². The van der Waals surface area contributed by atoms with E-state index < -0.39 is 40.9 Å². The maximum Gasteiger partial charge on any atom is 0.416 e. The normalized spacial score (nSPS) is 16.3. The van der Waals surface area contributed by atoms with Crippen LogP contribution in [0.2, 0.25) is 0 Å². The molecule has 1 atom stereocenters. The first-order valence-electron chi connectivity index (χ1n) is 10.3. The van der Waals surface area contributed by atoms with Crippen LogP contribution in [0.25, 0.3) is 0 Å². The number of carbonyl (C=O) groups is 1. The quantitative estimate of drug-likeness (QED) is 0.513. The fourth-order valence-electron chi connectivity index (χ4n) is 3.75. The molecule has 0 aliphatic carbocycles. The average molecular weight is 475 g/mol. The third kappa shape index (κ3) is 6.63. The van der Waals surface area contributed by atoms with Crippen LogP contribution in [0.15, 0.2) is 42.5 Å². The lowest BCUT2D eigenvalue weighted by Gasteiger charge is -2.39. The number of rotatable bonds is 8. The second-order valence-electron chi connectivity index (χ2n) is 8.33. The fourth-order valence-corrected chi connectivity index (χ4v) is 3.75. The minimum absolute atomic E-state index is 0.0201. The van der Waals surface area contributed by atoms with Crippen LogP contribution in [0.3, 0.4) is 0 Å².